The topological polar surface area (TPSA) is 18.5 Å². The van der Waals surface area contributed by atoms with Crippen molar-refractivity contribution in [3.63, 3.8) is 0 Å². The van der Waals surface area contributed by atoms with Crippen molar-refractivity contribution in [2.45, 2.75) is 0 Å². The quantitative estimate of drug-likeness (QED) is 0.258. The van der Waals surface area contributed by atoms with Crippen LogP contribution in [0, 0.1) is 0 Å². The summed E-state index contributed by atoms with van der Waals surface area (Å²) in [5, 5.41) is 2.07. The molecule has 0 aliphatic heterocycles. The van der Waals surface area contributed by atoms with Crippen molar-refractivity contribution < 1.29 is 18.4 Å². The SMILES string of the molecule is C[N+](C)(CCBr)CCOCCOCC[N+](C)(C)CCBr. The fourth-order valence-corrected chi connectivity index (χ4v) is 3.55. The zero-order chi connectivity index (χ0) is 15.5. The summed E-state index contributed by atoms with van der Waals surface area (Å²) in [6, 6.07) is 0. The van der Waals surface area contributed by atoms with E-state index in [-0.39, 0.29) is 0 Å². The highest BCUT2D eigenvalue weighted by atomic mass is 79.9. The van der Waals surface area contributed by atoms with E-state index in [1.165, 1.54) is 0 Å². The van der Waals surface area contributed by atoms with Crippen LogP contribution in [0.1, 0.15) is 0 Å². The Balaban J connectivity index is 3.41. The second-order valence-electron chi connectivity index (χ2n) is 6.37. The van der Waals surface area contributed by atoms with Gasteiger partial charge in [-0.15, -0.1) is 0 Å². The molecular weight excluding hydrogens is 388 g/mol. The highest BCUT2D eigenvalue weighted by Gasteiger charge is 2.14. The van der Waals surface area contributed by atoms with E-state index in [0.717, 1.165) is 59.0 Å². The molecule has 0 aliphatic carbocycles. The summed E-state index contributed by atoms with van der Waals surface area (Å²) in [7, 11) is 8.91. The second kappa shape index (κ2) is 11.4. The molecule has 0 aromatic carbocycles. The van der Waals surface area contributed by atoms with Gasteiger partial charge in [-0.2, -0.15) is 0 Å². The summed E-state index contributed by atoms with van der Waals surface area (Å²) >= 11 is 6.96. The maximum Gasteiger partial charge on any atom is 0.102 e. The van der Waals surface area contributed by atoms with E-state index in [9.17, 15) is 0 Å². The minimum Gasteiger partial charge on any atom is -0.373 e. The van der Waals surface area contributed by atoms with Gasteiger partial charge < -0.3 is 18.4 Å². The number of halogens is 2. The molecule has 0 amide bonds. The molecule has 0 aromatic heterocycles. The summed E-state index contributed by atoms with van der Waals surface area (Å²) in [4.78, 5) is 0. The number of likely N-dealkylation sites (N-methyl/N-ethyl adjacent to an activating group) is 2. The summed E-state index contributed by atoms with van der Waals surface area (Å²) in [5.41, 5.74) is 0. The molecule has 0 N–H and O–H groups in total. The Labute approximate surface area is 141 Å². The number of rotatable bonds is 13. The highest BCUT2D eigenvalue weighted by molar-refractivity contribution is 9.09. The van der Waals surface area contributed by atoms with E-state index in [1.54, 1.807) is 0 Å². The Bertz CT molecular complexity index is 215. The van der Waals surface area contributed by atoms with Crippen LogP contribution in [0.3, 0.4) is 0 Å². The lowest BCUT2D eigenvalue weighted by molar-refractivity contribution is -0.888. The van der Waals surface area contributed by atoms with E-state index in [1.807, 2.05) is 0 Å². The molecule has 0 heterocycles. The maximum atomic E-state index is 5.63. The Morgan fingerprint density at radius 3 is 1.25 bits per heavy atom. The zero-order valence-electron chi connectivity index (χ0n) is 13.5. The second-order valence-corrected chi connectivity index (χ2v) is 7.95. The maximum absolute atomic E-state index is 5.63. The average molecular weight is 420 g/mol. The number of ether oxygens (including phenoxy) is 2. The van der Waals surface area contributed by atoms with Gasteiger partial charge in [-0.05, 0) is 0 Å². The van der Waals surface area contributed by atoms with Crippen molar-refractivity contribution in [3.8, 4) is 0 Å². The third-order valence-corrected chi connectivity index (χ3v) is 4.14. The average Bonchev–Trinajstić information content (AvgIpc) is 2.32. The van der Waals surface area contributed by atoms with Crippen molar-refractivity contribution in [1.29, 1.82) is 0 Å². The van der Waals surface area contributed by atoms with Crippen LogP contribution in [0.15, 0.2) is 0 Å². The molecule has 0 atom stereocenters. The molecule has 0 saturated carbocycles. The van der Waals surface area contributed by atoms with Crippen LogP contribution >= 0.6 is 31.9 Å². The van der Waals surface area contributed by atoms with Crippen molar-refractivity contribution in [1.82, 2.24) is 0 Å². The molecule has 0 unspecified atom stereocenters. The Morgan fingerprint density at radius 1 is 0.600 bits per heavy atom. The van der Waals surface area contributed by atoms with Crippen LogP contribution < -0.4 is 0 Å². The third kappa shape index (κ3) is 12.5. The highest BCUT2D eigenvalue weighted by Crippen LogP contribution is 1.99. The molecular formula is C14H32Br2N2O2+2. The predicted octanol–water partition coefficient (Wildman–Crippen LogP) is 1.96. The predicted molar refractivity (Wildman–Crippen MR) is 92.9 cm³/mol. The normalized spacial score (nSPS) is 12.9. The first kappa shape index (κ1) is 20.8. The smallest absolute Gasteiger partial charge is 0.102 e. The number of nitrogens with zero attached hydrogens (tertiary/aromatic N) is 2. The molecule has 6 heteroatoms. The molecule has 0 aromatic rings. The molecule has 20 heavy (non-hydrogen) atoms. The van der Waals surface area contributed by atoms with Gasteiger partial charge >= 0.3 is 0 Å². The van der Waals surface area contributed by atoms with Gasteiger partial charge in [0.2, 0.25) is 0 Å². The standard InChI is InChI=1S/C14H32Br2N2O2/c1-17(2,7-5-15)9-11-19-13-14-20-12-10-18(3,4)8-6-16/h5-14H2,1-4H3/q+2. The van der Waals surface area contributed by atoms with Crippen molar-refractivity contribution in [3.05, 3.63) is 0 Å². The number of alkyl halides is 2. The first-order valence-electron chi connectivity index (χ1n) is 7.24. The molecule has 0 fully saturated rings. The fraction of sp³-hybridized carbons (Fsp3) is 1.00. The van der Waals surface area contributed by atoms with E-state index >= 15 is 0 Å². The fourth-order valence-electron chi connectivity index (χ4n) is 1.63. The van der Waals surface area contributed by atoms with E-state index < -0.39 is 0 Å². The van der Waals surface area contributed by atoms with Crippen LogP contribution in [-0.4, -0.2) is 100 Å². The van der Waals surface area contributed by atoms with Crippen LogP contribution in [-0.2, 0) is 9.47 Å². The van der Waals surface area contributed by atoms with Crippen LogP contribution in [0.5, 0.6) is 0 Å². The Hall–Kier alpha value is 0.800. The Kier molecular flexibility index (Phi) is 11.8. The van der Waals surface area contributed by atoms with Crippen LogP contribution in [0.25, 0.3) is 0 Å². The lowest BCUT2D eigenvalue weighted by Crippen LogP contribution is -2.44. The van der Waals surface area contributed by atoms with Gasteiger partial charge in [-0.25, -0.2) is 0 Å². The van der Waals surface area contributed by atoms with Gasteiger partial charge in [0.05, 0.1) is 78.4 Å². The van der Waals surface area contributed by atoms with Crippen LogP contribution in [0.2, 0.25) is 0 Å². The zero-order valence-corrected chi connectivity index (χ0v) is 16.7. The van der Waals surface area contributed by atoms with Gasteiger partial charge in [0, 0.05) is 0 Å². The minimum atomic E-state index is 0.695. The van der Waals surface area contributed by atoms with Gasteiger partial charge in [-0.1, -0.05) is 31.9 Å². The number of hydrogen-bond acceptors (Lipinski definition) is 2. The number of hydrogen-bond donors (Lipinski definition) is 0. The summed E-state index contributed by atoms with van der Waals surface area (Å²) in [6.45, 7) is 7.33. The molecule has 0 bridgehead atoms. The first-order valence-corrected chi connectivity index (χ1v) is 9.49. The largest absolute Gasteiger partial charge is 0.373 e. The van der Waals surface area contributed by atoms with Crippen LogP contribution in [0.4, 0.5) is 0 Å². The Morgan fingerprint density at radius 2 is 0.950 bits per heavy atom. The molecule has 0 rings (SSSR count). The van der Waals surface area contributed by atoms with Gasteiger partial charge in [0.15, 0.2) is 0 Å². The van der Waals surface area contributed by atoms with Crippen molar-refractivity contribution in [2.75, 3.05) is 91.5 Å². The number of quaternary nitrogens is 2. The van der Waals surface area contributed by atoms with Crippen molar-refractivity contribution >= 4 is 31.9 Å². The lowest BCUT2D eigenvalue weighted by atomic mass is 10.4. The summed E-state index contributed by atoms with van der Waals surface area (Å²) < 4.78 is 13.2. The minimum absolute atomic E-state index is 0.695. The first-order chi connectivity index (χ1) is 9.33. The van der Waals surface area contributed by atoms with Gasteiger partial charge in [-0.3, -0.25) is 0 Å². The molecule has 0 radical (unpaired) electrons. The lowest BCUT2D eigenvalue weighted by Gasteiger charge is -2.29. The molecule has 0 aliphatic rings. The van der Waals surface area contributed by atoms with E-state index in [2.05, 4.69) is 60.1 Å². The van der Waals surface area contributed by atoms with E-state index in [4.69, 9.17) is 9.47 Å². The van der Waals surface area contributed by atoms with Gasteiger partial charge in [0.25, 0.3) is 0 Å². The monoisotopic (exact) mass is 418 g/mol. The summed E-state index contributed by atoms with van der Waals surface area (Å²) in [6.07, 6.45) is 0. The van der Waals surface area contributed by atoms with E-state index in [0.29, 0.717) is 13.2 Å². The molecule has 4 nitrogen and oxygen atoms in total. The summed E-state index contributed by atoms with van der Waals surface area (Å²) in [5.74, 6) is 0. The van der Waals surface area contributed by atoms with Crippen molar-refractivity contribution in [2.24, 2.45) is 0 Å². The molecule has 0 saturated heterocycles. The molecule has 122 valence electrons. The molecule has 0 spiro atoms. The van der Waals surface area contributed by atoms with Gasteiger partial charge in [0.1, 0.15) is 13.1 Å². The third-order valence-electron chi connectivity index (χ3n) is 3.43.